The van der Waals surface area contributed by atoms with E-state index in [2.05, 4.69) is 52.3 Å². The number of hydrogen-bond acceptors (Lipinski definition) is 4. The van der Waals surface area contributed by atoms with Crippen molar-refractivity contribution in [2.45, 2.75) is 29.5 Å². The van der Waals surface area contributed by atoms with Crippen molar-refractivity contribution in [2.24, 2.45) is 0 Å². The molecule has 5 rings (SSSR count). The number of amides is 1. The molecular weight excluding hydrogens is 356 g/mol. The maximum atomic E-state index is 12.9. The van der Waals surface area contributed by atoms with Crippen LogP contribution in [0.2, 0.25) is 0 Å². The molecule has 140 valence electrons. The van der Waals surface area contributed by atoms with Crippen LogP contribution in [0.1, 0.15) is 16.7 Å². The van der Waals surface area contributed by atoms with Gasteiger partial charge in [0.1, 0.15) is 5.75 Å². The van der Waals surface area contributed by atoms with Gasteiger partial charge in [0.05, 0.1) is 11.9 Å². The third-order valence-corrected chi connectivity index (χ3v) is 7.07. The van der Waals surface area contributed by atoms with Crippen LogP contribution in [0, 0.1) is 0 Å². The zero-order valence-electron chi connectivity index (χ0n) is 15.4. The average Bonchev–Trinajstić information content (AvgIpc) is 3.34. The van der Waals surface area contributed by atoms with Gasteiger partial charge in [0.25, 0.3) is 0 Å². The molecule has 0 aliphatic carbocycles. The number of benzene rings is 2. The highest BCUT2D eigenvalue weighted by atomic mass is 32.2. The fourth-order valence-electron chi connectivity index (χ4n) is 4.25. The Morgan fingerprint density at radius 3 is 2.78 bits per heavy atom. The van der Waals surface area contributed by atoms with Gasteiger partial charge in [-0.1, -0.05) is 30.3 Å². The first-order valence-corrected chi connectivity index (χ1v) is 10.6. The molecule has 5 heteroatoms. The molecule has 2 aromatic rings. The summed E-state index contributed by atoms with van der Waals surface area (Å²) in [5, 5.41) is 0.0608. The van der Waals surface area contributed by atoms with Gasteiger partial charge >= 0.3 is 0 Å². The molecular formula is C22H24N2O2S. The number of rotatable bonds is 3. The standard InChI is InChI=1S/C22H24N2O2S/c25-22(21-14-18-3-1-2-4-20(18)27-21)24-10-8-23(9-11-24)15-16-5-6-19-17(13-16)7-12-26-19/h1-6,13,21H,7-12,14-15H2. The highest BCUT2D eigenvalue weighted by Crippen LogP contribution is 2.37. The number of thioether (sulfide) groups is 1. The van der Waals surface area contributed by atoms with Crippen LogP contribution in [-0.2, 0) is 24.2 Å². The minimum Gasteiger partial charge on any atom is -0.493 e. The van der Waals surface area contributed by atoms with Gasteiger partial charge in [0, 0.05) is 44.0 Å². The number of nitrogens with zero attached hydrogens (tertiary/aromatic N) is 2. The summed E-state index contributed by atoms with van der Waals surface area (Å²) in [5.41, 5.74) is 4.00. The molecule has 1 atom stereocenters. The second kappa shape index (κ2) is 7.21. The van der Waals surface area contributed by atoms with Crippen molar-refractivity contribution < 1.29 is 9.53 Å². The summed E-state index contributed by atoms with van der Waals surface area (Å²) in [5.74, 6) is 1.36. The Kier molecular flexibility index (Phi) is 4.58. The van der Waals surface area contributed by atoms with Crippen LogP contribution in [0.3, 0.4) is 0 Å². The molecule has 4 nitrogen and oxygen atoms in total. The monoisotopic (exact) mass is 380 g/mol. The highest BCUT2D eigenvalue weighted by Gasteiger charge is 2.32. The maximum Gasteiger partial charge on any atom is 0.236 e. The van der Waals surface area contributed by atoms with Gasteiger partial charge in [0.2, 0.25) is 5.91 Å². The second-order valence-corrected chi connectivity index (χ2v) is 8.80. The summed E-state index contributed by atoms with van der Waals surface area (Å²) >= 11 is 1.74. The molecule has 0 N–H and O–H groups in total. The van der Waals surface area contributed by atoms with Crippen LogP contribution in [0.15, 0.2) is 47.4 Å². The zero-order valence-corrected chi connectivity index (χ0v) is 16.2. The van der Waals surface area contributed by atoms with Crippen LogP contribution in [-0.4, -0.2) is 53.7 Å². The third kappa shape index (κ3) is 3.46. The van der Waals surface area contributed by atoms with E-state index < -0.39 is 0 Å². The van der Waals surface area contributed by atoms with Gasteiger partial charge in [-0.25, -0.2) is 0 Å². The van der Waals surface area contributed by atoms with E-state index in [1.54, 1.807) is 11.8 Å². The highest BCUT2D eigenvalue weighted by molar-refractivity contribution is 8.01. The van der Waals surface area contributed by atoms with Crippen LogP contribution in [0.5, 0.6) is 5.75 Å². The smallest absolute Gasteiger partial charge is 0.236 e. The van der Waals surface area contributed by atoms with Gasteiger partial charge < -0.3 is 9.64 Å². The SMILES string of the molecule is O=C(C1Cc2ccccc2S1)N1CCN(Cc2ccc3c(c2)CCO3)CC1. The lowest BCUT2D eigenvalue weighted by Crippen LogP contribution is -2.50. The van der Waals surface area contributed by atoms with E-state index in [1.807, 2.05) is 0 Å². The predicted octanol–water partition coefficient (Wildman–Crippen LogP) is 2.98. The molecule has 0 radical (unpaired) electrons. The van der Waals surface area contributed by atoms with Crippen LogP contribution in [0.4, 0.5) is 0 Å². The second-order valence-electron chi connectivity index (χ2n) is 7.56. The van der Waals surface area contributed by atoms with Gasteiger partial charge in [-0.2, -0.15) is 0 Å². The Balaban J connectivity index is 1.16. The molecule has 0 aromatic heterocycles. The molecule has 1 fully saturated rings. The lowest BCUT2D eigenvalue weighted by Gasteiger charge is -2.35. The summed E-state index contributed by atoms with van der Waals surface area (Å²) in [6, 6.07) is 15.0. The number of fused-ring (bicyclic) bond motifs is 2. The largest absolute Gasteiger partial charge is 0.493 e. The predicted molar refractivity (Wildman–Crippen MR) is 107 cm³/mol. The summed E-state index contributed by atoms with van der Waals surface area (Å²) in [6.07, 6.45) is 1.89. The number of hydrogen-bond donors (Lipinski definition) is 0. The summed E-state index contributed by atoms with van der Waals surface area (Å²) in [4.78, 5) is 18.7. The molecule has 3 heterocycles. The van der Waals surface area contributed by atoms with Crippen LogP contribution in [0.25, 0.3) is 0 Å². The molecule has 2 aromatic carbocycles. The van der Waals surface area contributed by atoms with Crippen molar-refractivity contribution in [3.8, 4) is 5.75 Å². The normalized spacial score (nSPS) is 21.6. The Bertz CT molecular complexity index is 836. The number of carbonyl (C=O) groups excluding carboxylic acids is 1. The first-order chi connectivity index (χ1) is 13.3. The van der Waals surface area contributed by atoms with Crippen molar-refractivity contribution >= 4 is 17.7 Å². The number of piperazine rings is 1. The molecule has 0 spiro atoms. The minimum atomic E-state index is 0.0608. The summed E-state index contributed by atoms with van der Waals surface area (Å²) in [7, 11) is 0. The van der Waals surface area contributed by atoms with Gasteiger partial charge in [-0.15, -0.1) is 11.8 Å². The first kappa shape index (κ1) is 17.1. The van der Waals surface area contributed by atoms with E-state index in [-0.39, 0.29) is 5.25 Å². The van der Waals surface area contributed by atoms with Crippen LogP contribution < -0.4 is 4.74 Å². The van der Waals surface area contributed by atoms with E-state index in [0.717, 1.165) is 57.9 Å². The van der Waals surface area contributed by atoms with E-state index >= 15 is 0 Å². The lowest BCUT2D eigenvalue weighted by atomic mass is 10.1. The van der Waals surface area contributed by atoms with E-state index in [0.29, 0.717) is 5.91 Å². The summed E-state index contributed by atoms with van der Waals surface area (Å²) in [6.45, 7) is 5.33. The molecule has 1 amide bonds. The Morgan fingerprint density at radius 1 is 1.07 bits per heavy atom. The first-order valence-electron chi connectivity index (χ1n) is 9.76. The Hall–Kier alpha value is -1.98. The van der Waals surface area contributed by atoms with E-state index in [9.17, 15) is 4.79 Å². The molecule has 3 aliphatic heterocycles. The van der Waals surface area contributed by atoms with Crippen molar-refractivity contribution in [3.63, 3.8) is 0 Å². The van der Waals surface area contributed by atoms with Gasteiger partial charge in [-0.3, -0.25) is 9.69 Å². The quantitative estimate of drug-likeness (QED) is 0.820. The number of ether oxygens (including phenoxy) is 1. The molecule has 0 saturated carbocycles. The molecule has 0 bridgehead atoms. The Morgan fingerprint density at radius 2 is 1.93 bits per heavy atom. The van der Waals surface area contributed by atoms with E-state index in [4.69, 9.17) is 4.74 Å². The van der Waals surface area contributed by atoms with Gasteiger partial charge in [-0.05, 0) is 35.2 Å². The third-order valence-electron chi connectivity index (χ3n) is 5.77. The molecule has 1 unspecified atom stereocenters. The molecule has 1 saturated heterocycles. The molecule has 27 heavy (non-hydrogen) atoms. The fraction of sp³-hybridized carbons (Fsp3) is 0.409. The maximum absolute atomic E-state index is 12.9. The zero-order chi connectivity index (χ0) is 18.2. The minimum absolute atomic E-state index is 0.0608. The van der Waals surface area contributed by atoms with E-state index in [1.165, 1.54) is 21.6 Å². The topological polar surface area (TPSA) is 32.8 Å². The Labute approximate surface area is 164 Å². The molecule has 3 aliphatic rings. The van der Waals surface area contributed by atoms with Crippen molar-refractivity contribution in [3.05, 3.63) is 59.2 Å². The van der Waals surface area contributed by atoms with Gasteiger partial charge in [0.15, 0.2) is 0 Å². The van der Waals surface area contributed by atoms with Crippen molar-refractivity contribution in [2.75, 3.05) is 32.8 Å². The lowest BCUT2D eigenvalue weighted by molar-refractivity contribution is -0.132. The van der Waals surface area contributed by atoms with Crippen molar-refractivity contribution in [1.29, 1.82) is 0 Å². The van der Waals surface area contributed by atoms with Crippen molar-refractivity contribution in [1.82, 2.24) is 9.80 Å². The average molecular weight is 381 g/mol. The fourth-order valence-corrected chi connectivity index (χ4v) is 5.53. The summed E-state index contributed by atoms with van der Waals surface area (Å²) < 4.78 is 5.60. The van der Waals surface area contributed by atoms with Crippen LogP contribution >= 0.6 is 11.8 Å². The number of carbonyl (C=O) groups is 1.